The van der Waals surface area contributed by atoms with E-state index in [2.05, 4.69) is 5.32 Å². The van der Waals surface area contributed by atoms with Crippen molar-refractivity contribution in [2.75, 3.05) is 0 Å². The zero-order valence-corrected chi connectivity index (χ0v) is 12.8. The number of benzene rings is 1. The highest BCUT2D eigenvalue weighted by atomic mass is 19.3. The molecule has 0 saturated heterocycles. The molecule has 0 aliphatic heterocycles. The first-order chi connectivity index (χ1) is 10.4. The first kappa shape index (κ1) is 16.9. The lowest BCUT2D eigenvalue weighted by Gasteiger charge is -2.33. The summed E-state index contributed by atoms with van der Waals surface area (Å²) in [6.07, 6.45) is 1.08. The molecule has 0 amide bonds. The van der Waals surface area contributed by atoms with Crippen LogP contribution in [0.1, 0.15) is 38.2 Å². The molecular weight excluding hydrogens is 288 g/mol. The summed E-state index contributed by atoms with van der Waals surface area (Å²) in [4.78, 5) is 11.4. The number of carboxylic acid groups (broad SMARTS) is 1. The molecule has 0 spiro atoms. The number of rotatable bonds is 6. The summed E-state index contributed by atoms with van der Waals surface area (Å²) in [5.74, 6) is -3.35. The summed E-state index contributed by atoms with van der Waals surface area (Å²) in [5, 5.41) is 12.5. The Morgan fingerprint density at radius 2 is 1.91 bits per heavy atom. The smallest absolute Gasteiger partial charge is 0.321 e. The van der Waals surface area contributed by atoms with Crippen molar-refractivity contribution in [2.45, 2.75) is 57.0 Å². The second kappa shape index (κ2) is 7.18. The van der Waals surface area contributed by atoms with Gasteiger partial charge >= 0.3 is 5.97 Å². The molecule has 2 rings (SSSR count). The lowest BCUT2D eigenvalue weighted by molar-refractivity contribution is -0.139. The number of halogens is 2. The van der Waals surface area contributed by atoms with E-state index in [1.807, 2.05) is 37.3 Å². The van der Waals surface area contributed by atoms with Gasteiger partial charge in [-0.1, -0.05) is 30.3 Å². The van der Waals surface area contributed by atoms with E-state index in [0.717, 1.165) is 5.56 Å². The van der Waals surface area contributed by atoms with Crippen LogP contribution in [0.15, 0.2) is 30.3 Å². The van der Waals surface area contributed by atoms with Gasteiger partial charge in [0, 0.05) is 18.9 Å². The molecule has 2 N–H and O–H groups in total. The van der Waals surface area contributed by atoms with E-state index in [4.69, 9.17) is 0 Å². The predicted molar refractivity (Wildman–Crippen MR) is 81.1 cm³/mol. The van der Waals surface area contributed by atoms with Gasteiger partial charge in [-0.2, -0.15) is 0 Å². The van der Waals surface area contributed by atoms with Gasteiger partial charge in [0.15, 0.2) is 0 Å². The Balaban J connectivity index is 1.92. The zero-order chi connectivity index (χ0) is 16.2. The maximum absolute atomic E-state index is 13.2. The largest absolute Gasteiger partial charge is 0.480 e. The summed E-state index contributed by atoms with van der Waals surface area (Å²) in [6.45, 7) is 1.90. The van der Waals surface area contributed by atoms with E-state index in [9.17, 15) is 18.7 Å². The molecule has 1 saturated carbocycles. The molecule has 1 aromatic rings. The third-order valence-corrected chi connectivity index (χ3v) is 4.51. The van der Waals surface area contributed by atoms with Gasteiger partial charge in [-0.25, -0.2) is 8.78 Å². The van der Waals surface area contributed by atoms with E-state index in [0.29, 0.717) is 19.3 Å². The van der Waals surface area contributed by atoms with Gasteiger partial charge in [-0.3, -0.25) is 4.79 Å². The van der Waals surface area contributed by atoms with Gasteiger partial charge in [0.25, 0.3) is 0 Å². The van der Waals surface area contributed by atoms with Crippen LogP contribution in [-0.4, -0.2) is 29.1 Å². The third kappa shape index (κ3) is 4.77. The molecule has 5 heteroatoms. The summed E-state index contributed by atoms with van der Waals surface area (Å²) in [5.41, 5.74) is 0.949. The highest BCUT2D eigenvalue weighted by molar-refractivity contribution is 5.74. The second-order valence-corrected chi connectivity index (χ2v) is 6.23. The van der Waals surface area contributed by atoms with E-state index >= 15 is 0 Å². The van der Waals surface area contributed by atoms with Gasteiger partial charge in [0.05, 0.1) is 0 Å². The summed E-state index contributed by atoms with van der Waals surface area (Å²) in [6, 6.07) is 8.65. The van der Waals surface area contributed by atoms with Gasteiger partial charge < -0.3 is 10.4 Å². The van der Waals surface area contributed by atoms with Crippen molar-refractivity contribution in [3.63, 3.8) is 0 Å². The summed E-state index contributed by atoms with van der Waals surface area (Å²) < 4.78 is 26.4. The van der Waals surface area contributed by atoms with Crippen molar-refractivity contribution >= 4 is 5.97 Å². The van der Waals surface area contributed by atoms with Gasteiger partial charge in [-0.15, -0.1) is 0 Å². The molecule has 0 radical (unpaired) electrons. The second-order valence-electron chi connectivity index (χ2n) is 6.23. The highest BCUT2D eigenvalue weighted by Gasteiger charge is 2.37. The molecule has 1 aliphatic rings. The fraction of sp³-hybridized carbons (Fsp3) is 0.588. The van der Waals surface area contributed by atoms with Gasteiger partial charge in [0.1, 0.15) is 6.04 Å². The minimum absolute atomic E-state index is 0.0825. The zero-order valence-electron chi connectivity index (χ0n) is 12.8. The molecule has 1 unspecified atom stereocenters. The first-order valence-corrected chi connectivity index (χ1v) is 7.78. The number of nitrogens with one attached hydrogen (secondary N) is 1. The fourth-order valence-corrected chi connectivity index (χ4v) is 3.08. The molecule has 22 heavy (non-hydrogen) atoms. The van der Waals surface area contributed by atoms with Crippen LogP contribution in [0.5, 0.6) is 0 Å². The Morgan fingerprint density at radius 3 is 2.45 bits per heavy atom. The molecule has 0 heterocycles. The van der Waals surface area contributed by atoms with Crippen LogP contribution < -0.4 is 5.32 Å². The maximum Gasteiger partial charge on any atom is 0.321 e. The van der Waals surface area contributed by atoms with Crippen LogP contribution in [0.2, 0.25) is 0 Å². The van der Waals surface area contributed by atoms with Crippen LogP contribution in [0.3, 0.4) is 0 Å². The Labute approximate surface area is 129 Å². The molecule has 1 fully saturated rings. The first-order valence-electron chi connectivity index (χ1n) is 7.78. The molecule has 0 aromatic heterocycles. The molecule has 1 aliphatic carbocycles. The lowest BCUT2D eigenvalue weighted by atomic mass is 9.82. The Hall–Kier alpha value is -1.49. The van der Waals surface area contributed by atoms with Crippen molar-refractivity contribution < 1.29 is 18.7 Å². The van der Waals surface area contributed by atoms with Crippen LogP contribution in [0.4, 0.5) is 8.78 Å². The Morgan fingerprint density at radius 1 is 1.32 bits per heavy atom. The number of hydrogen-bond acceptors (Lipinski definition) is 2. The van der Waals surface area contributed by atoms with Crippen LogP contribution in [0.25, 0.3) is 0 Å². The molecule has 2 atom stereocenters. The van der Waals surface area contributed by atoms with Crippen molar-refractivity contribution in [2.24, 2.45) is 5.92 Å². The van der Waals surface area contributed by atoms with Crippen LogP contribution in [-0.2, 0) is 11.2 Å². The normalized spacial score (nSPS) is 21.2. The number of aliphatic carboxylic acids is 1. The summed E-state index contributed by atoms with van der Waals surface area (Å²) in [7, 11) is 0. The maximum atomic E-state index is 13.2. The topological polar surface area (TPSA) is 49.3 Å². The standard InChI is InChI=1S/C17H23F2NO2/c1-12(14-7-9-17(18,19)10-8-14)20-15(16(21)22)11-13-5-3-2-4-6-13/h2-6,12,14-15,20H,7-11H2,1H3,(H,21,22)/t12?,15-/m0/s1. The van der Waals surface area contributed by atoms with Crippen molar-refractivity contribution in [1.82, 2.24) is 5.32 Å². The number of carbonyl (C=O) groups is 1. The highest BCUT2D eigenvalue weighted by Crippen LogP contribution is 2.37. The van der Waals surface area contributed by atoms with E-state index in [1.165, 1.54) is 0 Å². The van der Waals surface area contributed by atoms with Crippen LogP contribution in [0, 0.1) is 5.92 Å². The van der Waals surface area contributed by atoms with Crippen molar-refractivity contribution in [3.8, 4) is 0 Å². The minimum Gasteiger partial charge on any atom is -0.480 e. The fourth-order valence-electron chi connectivity index (χ4n) is 3.08. The number of carboxylic acids is 1. The quantitative estimate of drug-likeness (QED) is 0.845. The number of alkyl halides is 2. The van der Waals surface area contributed by atoms with Crippen molar-refractivity contribution in [1.29, 1.82) is 0 Å². The Bertz CT molecular complexity index is 483. The molecular formula is C17H23F2NO2. The average Bonchev–Trinajstić information content (AvgIpc) is 2.47. The monoisotopic (exact) mass is 311 g/mol. The van der Waals surface area contributed by atoms with E-state index < -0.39 is 17.9 Å². The van der Waals surface area contributed by atoms with Gasteiger partial charge in [0.2, 0.25) is 5.92 Å². The summed E-state index contributed by atoms with van der Waals surface area (Å²) >= 11 is 0. The SMILES string of the molecule is CC(N[C@@H](Cc1ccccc1)C(=O)O)C1CCC(F)(F)CC1. The molecule has 0 bridgehead atoms. The van der Waals surface area contributed by atoms with Crippen LogP contribution >= 0.6 is 0 Å². The lowest BCUT2D eigenvalue weighted by Crippen LogP contribution is -2.47. The predicted octanol–water partition coefficient (Wildman–Crippen LogP) is 3.49. The molecule has 122 valence electrons. The van der Waals surface area contributed by atoms with E-state index in [-0.39, 0.29) is 24.8 Å². The number of hydrogen-bond donors (Lipinski definition) is 2. The molecule has 3 nitrogen and oxygen atoms in total. The Kier molecular flexibility index (Phi) is 5.51. The third-order valence-electron chi connectivity index (χ3n) is 4.51. The minimum atomic E-state index is -2.55. The van der Waals surface area contributed by atoms with Crippen molar-refractivity contribution in [3.05, 3.63) is 35.9 Å². The van der Waals surface area contributed by atoms with Gasteiger partial charge in [-0.05, 0) is 37.7 Å². The molecule has 1 aromatic carbocycles. The van der Waals surface area contributed by atoms with E-state index in [1.54, 1.807) is 0 Å². The average molecular weight is 311 g/mol.